The van der Waals surface area contributed by atoms with E-state index in [4.69, 9.17) is 10.5 Å². The molecule has 96 valence electrons. The molecule has 2 rings (SSSR count). The van der Waals surface area contributed by atoms with E-state index in [0.29, 0.717) is 11.6 Å². The standard InChI is InChI=1S/C13H18N4O/c1-3-17-9-12(8-16-17)18-13-11(7-10(2)14)5-4-6-15-13/h4-6,8-10H,3,7,14H2,1-2H3. The molecule has 2 heterocycles. The molecule has 5 nitrogen and oxygen atoms in total. The van der Waals surface area contributed by atoms with E-state index in [9.17, 15) is 0 Å². The molecule has 0 saturated heterocycles. The van der Waals surface area contributed by atoms with Crippen molar-refractivity contribution < 1.29 is 4.74 Å². The zero-order chi connectivity index (χ0) is 13.0. The van der Waals surface area contributed by atoms with Crippen LogP contribution in [0.5, 0.6) is 11.6 Å². The van der Waals surface area contributed by atoms with Gasteiger partial charge in [0.05, 0.1) is 12.4 Å². The molecule has 2 aromatic heterocycles. The third kappa shape index (κ3) is 3.07. The lowest BCUT2D eigenvalue weighted by atomic mass is 10.1. The van der Waals surface area contributed by atoms with E-state index in [1.165, 1.54) is 0 Å². The van der Waals surface area contributed by atoms with Crippen LogP contribution in [0.2, 0.25) is 0 Å². The summed E-state index contributed by atoms with van der Waals surface area (Å²) in [6, 6.07) is 3.95. The molecule has 0 spiro atoms. The van der Waals surface area contributed by atoms with E-state index in [1.54, 1.807) is 12.4 Å². The maximum Gasteiger partial charge on any atom is 0.222 e. The lowest BCUT2D eigenvalue weighted by molar-refractivity contribution is 0.453. The molecular formula is C13H18N4O. The van der Waals surface area contributed by atoms with E-state index in [0.717, 1.165) is 18.5 Å². The Morgan fingerprint density at radius 2 is 2.33 bits per heavy atom. The van der Waals surface area contributed by atoms with Gasteiger partial charge in [0, 0.05) is 24.3 Å². The summed E-state index contributed by atoms with van der Waals surface area (Å²) in [6.45, 7) is 4.81. The summed E-state index contributed by atoms with van der Waals surface area (Å²) in [4.78, 5) is 4.25. The Morgan fingerprint density at radius 3 is 3.00 bits per heavy atom. The predicted molar refractivity (Wildman–Crippen MR) is 69.6 cm³/mol. The Labute approximate surface area is 107 Å². The van der Waals surface area contributed by atoms with Crippen LogP contribution < -0.4 is 10.5 Å². The highest BCUT2D eigenvalue weighted by Crippen LogP contribution is 2.23. The van der Waals surface area contributed by atoms with Gasteiger partial charge in [0.15, 0.2) is 5.75 Å². The Morgan fingerprint density at radius 1 is 1.50 bits per heavy atom. The summed E-state index contributed by atoms with van der Waals surface area (Å²) in [5.41, 5.74) is 6.82. The number of nitrogens with two attached hydrogens (primary N) is 1. The van der Waals surface area contributed by atoms with E-state index >= 15 is 0 Å². The first-order valence-electron chi connectivity index (χ1n) is 6.08. The summed E-state index contributed by atoms with van der Waals surface area (Å²) in [5.74, 6) is 1.30. The van der Waals surface area contributed by atoms with Crippen molar-refractivity contribution >= 4 is 0 Å². The fourth-order valence-electron chi connectivity index (χ4n) is 1.70. The Hall–Kier alpha value is -1.88. The second-order valence-electron chi connectivity index (χ2n) is 4.28. The number of hydrogen-bond donors (Lipinski definition) is 1. The van der Waals surface area contributed by atoms with E-state index in [-0.39, 0.29) is 6.04 Å². The molecule has 0 bridgehead atoms. The van der Waals surface area contributed by atoms with Gasteiger partial charge in [-0.3, -0.25) is 4.68 Å². The molecule has 0 aromatic carbocycles. The first kappa shape index (κ1) is 12.6. The average Bonchev–Trinajstić information content (AvgIpc) is 2.79. The molecule has 0 radical (unpaired) electrons. The maximum atomic E-state index is 5.81. The van der Waals surface area contributed by atoms with Gasteiger partial charge in [-0.05, 0) is 26.3 Å². The molecule has 0 fully saturated rings. The minimum atomic E-state index is 0.0786. The minimum Gasteiger partial charge on any atom is -0.435 e. The molecule has 2 N–H and O–H groups in total. The number of aryl methyl sites for hydroxylation is 1. The first-order valence-corrected chi connectivity index (χ1v) is 6.08. The van der Waals surface area contributed by atoms with Gasteiger partial charge in [0.1, 0.15) is 0 Å². The summed E-state index contributed by atoms with van der Waals surface area (Å²) in [7, 11) is 0. The van der Waals surface area contributed by atoms with Crippen LogP contribution in [0.15, 0.2) is 30.7 Å². The smallest absolute Gasteiger partial charge is 0.222 e. The number of aromatic nitrogens is 3. The second-order valence-corrected chi connectivity index (χ2v) is 4.28. The Bertz CT molecular complexity index is 507. The van der Waals surface area contributed by atoms with Crippen molar-refractivity contribution in [2.45, 2.75) is 32.9 Å². The van der Waals surface area contributed by atoms with Crippen LogP contribution in [0.1, 0.15) is 19.4 Å². The van der Waals surface area contributed by atoms with Crippen molar-refractivity contribution in [3.63, 3.8) is 0 Å². The lowest BCUT2D eigenvalue weighted by Gasteiger charge is -2.10. The minimum absolute atomic E-state index is 0.0786. The molecule has 1 unspecified atom stereocenters. The fourth-order valence-corrected chi connectivity index (χ4v) is 1.70. The van der Waals surface area contributed by atoms with Crippen LogP contribution in [0.3, 0.4) is 0 Å². The van der Waals surface area contributed by atoms with Gasteiger partial charge in [-0.2, -0.15) is 5.10 Å². The summed E-state index contributed by atoms with van der Waals surface area (Å²) >= 11 is 0. The molecule has 1 atom stereocenters. The average molecular weight is 246 g/mol. The van der Waals surface area contributed by atoms with Crippen molar-refractivity contribution in [1.29, 1.82) is 0 Å². The highest BCUT2D eigenvalue weighted by Gasteiger charge is 2.09. The fraction of sp³-hybridized carbons (Fsp3) is 0.385. The van der Waals surface area contributed by atoms with E-state index in [1.807, 2.05) is 36.9 Å². The van der Waals surface area contributed by atoms with Crippen LogP contribution in [0, 0.1) is 0 Å². The van der Waals surface area contributed by atoms with Crippen molar-refractivity contribution in [3.05, 3.63) is 36.3 Å². The maximum absolute atomic E-state index is 5.81. The third-order valence-corrected chi connectivity index (χ3v) is 2.54. The van der Waals surface area contributed by atoms with Crippen LogP contribution in [-0.2, 0) is 13.0 Å². The van der Waals surface area contributed by atoms with Crippen LogP contribution in [0.4, 0.5) is 0 Å². The van der Waals surface area contributed by atoms with Gasteiger partial charge in [-0.15, -0.1) is 0 Å². The van der Waals surface area contributed by atoms with E-state index in [2.05, 4.69) is 10.1 Å². The third-order valence-electron chi connectivity index (χ3n) is 2.54. The van der Waals surface area contributed by atoms with Gasteiger partial charge in [0.25, 0.3) is 0 Å². The van der Waals surface area contributed by atoms with Crippen LogP contribution in [-0.4, -0.2) is 20.8 Å². The molecule has 0 aliphatic rings. The Kier molecular flexibility index (Phi) is 3.94. The monoisotopic (exact) mass is 246 g/mol. The molecule has 5 heteroatoms. The summed E-state index contributed by atoms with van der Waals surface area (Å²) in [5, 5.41) is 4.16. The topological polar surface area (TPSA) is 66.0 Å². The number of hydrogen-bond acceptors (Lipinski definition) is 4. The molecular weight excluding hydrogens is 228 g/mol. The summed E-state index contributed by atoms with van der Waals surface area (Å²) < 4.78 is 7.55. The largest absolute Gasteiger partial charge is 0.435 e. The molecule has 0 aliphatic carbocycles. The highest BCUT2D eigenvalue weighted by molar-refractivity contribution is 5.30. The number of ether oxygens (including phenoxy) is 1. The zero-order valence-electron chi connectivity index (χ0n) is 10.7. The van der Waals surface area contributed by atoms with Crippen LogP contribution >= 0.6 is 0 Å². The highest BCUT2D eigenvalue weighted by atomic mass is 16.5. The Balaban J connectivity index is 2.17. The molecule has 18 heavy (non-hydrogen) atoms. The second kappa shape index (κ2) is 5.64. The molecule has 0 saturated carbocycles. The normalized spacial score (nSPS) is 12.4. The zero-order valence-corrected chi connectivity index (χ0v) is 10.7. The predicted octanol–water partition coefficient (Wildman–Crippen LogP) is 1.98. The molecule has 0 aliphatic heterocycles. The van der Waals surface area contributed by atoms with Gasteiger partial charge in [-0.1, -0.05) is 6.07 Å². The first-order chi connectivity index (χ1) is 8.69. The van der Waals surface area contributed by atoms with Crippen molar-refractivity contribution in [1.82, 2.24) is 14.8 Å². The van der Waals surface area contributed by atoms with Gasteiger partial charge in [-0.25, -0.2) is 4.98 Å². The van der Waals surface area contributed by atoms with Gasteiger partial charge < -0.3 is 10.5 Å². The van der Waals surface area contributed by atoms with Crippen LogP contribution in [0.25, 0.3) is 0 Å². The van der Waals surface area contributed by atoms with Gasteiger partial charge in [0.2, 0.25) is 5.88 Å². The SMILES string of the molecule is CCn1cc(Oc2ncccc2CC(C)N)cn1. The van der Waals surface area contributed by atoms with Crippen molar-refractivity contribution in [2.24, 2.45) is 5.73 Å². The summed E-state index contributed by atoms with van der Waals surface area (Å²) in [6.07, 6.45) is 5.99. The van der Waals surface area contributed by atoms with Gasteiger partial charge >= 0.3 is 0 Å². The van der Waals surface area contributed by atoms with Crippen molar-refractivity contribution in [2.75, 3.05) is 0 Å². The number of nitrogens with zero attached hydrogens (tertiary/aromatic N) is 3. The van der Waals surface area contributed by atoms with Crippen molar-refractivity contribution in [3.8, 4) is 11.6 Å². The number of rotatable bonds is 5. The molecule has 2 aromatic rings. The molecule has 0 amide bonds. The number of pyridine rings is 1. The van der Waals surface area contributed by atoms with E-state index < -0.39 is 0 Å². The quantitative estimate of drug-likeness (QED) is 0.876. The lowest BCUT2D eigenvalue weighted by Crippen LogP contribution is -2.18.